The van der Waals surface area contributed by atoms with Crippen LogP contribution in [0.4, 0.5) is 20.6 Å². The highest BCUT2D eigenvalue weighted by atomic mass is 19.1. The first-order valence-corrected chi connectivity index (χ1v) is 8.72. The zero-order chi connectivity index (χ0) is 19.8. The predicted molar refractivity (Wildman–Crippen MR) is 97.4 cm³/mol. The SMILES string of the molecule is CC(=O)NC[C@H]1CN(c2ccc(N3Cc4ncccc4C3=O)c(F)c2)C(=O)O1. The third kappa shape index (κ3) is 3.15. The zero-order valence-corrected chi connectivity index (χ0v) is 15.0. The number of benzene rings is 1. The first kappa shape index (κ1) is 17.9. The van der Waals surface area contributed by atoms with Gasteiger partial charge in [0.05, 0.1) is 42.3 Å². The highest BCUT2D eigenvalue weighted by Gasteiger charge is 2.34. The van der Waals surface area contributed by atoms with Crippen molar-refractivity contribution in [2.45, 2.75) is 19.6 Å². The summed E-state index contributed by atoms with van der Waals surface area (Å²) in [7, 11) is 0. The van der Waals surface area contributed by atoms with E-state index in [4.69, 9.17) is 4.74 Å². The third-order valence-electron chi connectivity index (χ3n) is 4.66. The van der Waals surface area contributed by atoms with Crippen molar-refractivity contribution in [3.05, 3.63) is 53.6 Å². The first-order valence-electron chi connectivity index (χ1n) is 8.72. The van der Waals surface area contributed by atoms with E-state index in [1.54, 1.807) is 24.4 Å². The van der Waals surface area contributed by atoms with E-state index in [9.17, 15) is 18.8 Å². The Balaban J connectivity index is 1.52. The van der Waals surface area contributed by atoms with Gasteiger partial charge in [0.25, 0.3) is 5.91 Å². The molecule has 144 valence electrons. The van der Waals surface area contributed by atoms with E-state index < -0.39 is 18.0 Å². The van der Waals surface area contributed by atoms with Crippen LogP contribution < -0.4 is 15.1 Å². The van der Waals surface area contributed by atoms with Gasteiger partial charge < -0.3 is 10.1 Å². The fraction of sp³-hybridized carbons (Fsp3) is 0.263. The summed E-state index contributed by atoms with van der Waals surface area (Å²) in [5, 5.41) is 2.58. The third-order valence-corrected chi connectivity index (χ3v) is 4.66. The fourth-order valence-corrected chi connectivity index (χ4v) is 3.30. The molecule has 8 nitrogen and oxygen atoms in total. The fourth-order valence-electron chi connectivity index (χ4n) is 3.30. The number of rotatable bonds is 4. The molecule has 1 N–H and O–H groups in total. The van der Waals surface area contributed by atoms with Crippen LogP contribution in [0.5, 0.6) is 0 Å². The number of pyridine rings is 1. The van der Waals surface area contributed by atoms with Crippen molar-refractivity contribution >= 4 is 29.3 Å². The topological polar surface area (TPSA) is 91.8 Å². The smallest absolute Gasteiger partial charge is 0.414 e. The number of hydrogen-bond acceptors (Lipinski definition) is 5. The van der Waals surface area contributed by atoms with Gasteiger partial charge in [-0.2, -0.15) is 0 Å². The highest BCUT2D eigenvalue weighted by molar-refractivity contribution is 6.09. The van der Waals surface area contributed by atoms with Gasteiger partial charge in [0, 0.05) is 13.1 Å². The number of ether oxygens (including phenoxy) is 1. The molecule has 0 bridgehead atoms. The van der Waals surface area contributed by atoms with E-state index in [0.29, 0.717) is 16.9 Å². The molecule has 2 aromatic rings. The Labute approximate surface area is 159 Å². The number of nitrogens with one attached hydrogen (secondary N) is 1. The maximum absolute atomic E-state index is 14.8. The number of carbonyl (C=O) groups excluding carboxylic acids is 3. The number of nitrogens with zero attached hydrogens (tertiary/aromatic N) is 3. The number of amides is 3. The van der Waals surface area contributed by atoms with Crippen LogP contribution in [0, 0.1) is 5.82 Å². The van der Waals surface area contributed by atoms with Crippen LogP contribution in [0.25, 0.3) is 0 Å². The van der Waals surface area contributed by atoms with Gasteiger partial charge in [0.2, 0.25) is 5.91 Å². The van der Waals surface area contributed by atoms with E-state index in [1.165, 1.54) is 28.9 Å². The summed E-state index contributed by atoms with van der Waals surface area (Å²) in [4.78, 5) is 42.4. The summed E-state index contributed by atoms with van der Waals surface area (Å²) in [6.07, 6.45) is 0.460. The molecule has 0 spiro atoms. The minimum atomic E-state index is -0.628. The number of cyclic esters (lactones) is 1. The van der Waals surface area contributed by atoms with Crippen LogP contribution in [-0.4, -0.2) is 42.1 Å². The number of halogens is 1. The molecule has 0 radical (unpaired) electrons. The van der Waals surface area contributed by atoms with Gasteiger partial charge in [-0.25, -0.2) is 9.18 Å². The zero-order valence-electron chi connectivity index (χ0n) is 15.0. The largest absolute Gasteiger partial charge is 0.442 e. The minimum absolute atomic E-state index is 0.120. The van der Waals surface area contributed by atoms with Crippen LogP contribution in [0.2, 0.25) is 0 Å². The Kier molecular flexibility index (Phi) is 4.42. The second-order valence-electron chi connectivity index (χ2n) is 6.58. The minimum Gasteiger partial charge on any atom is -0.442 e. The normalized spacial score (nSPS) is 18.3. The quantitative estimate of drug-likeness (QED) is 0.869. The molecular formula is C19H17FN4O4. The molecule has 1 aromatic carbocycles. The molecule has 28 heavy (non-hydrogen) atoms. The van der Waals surface area contributed by atoms with Crippen molar-refractivity contribution in [1.82, 2.24) is 10.3 Å². The van der Waals surface area contributed by atoms with Gasteiger partial charge in [-0.1, -0.05) is 0 Å². The van der Waals surface area contributed by atoms with E-state index in [-0.39, 0.29) is 37.1 Å². The lowest BCUT2D eigenvalue weighted by atomic mass is 10.2. The van der Waals surface area contributed by atoms with E-state index in [1.807, 2.05) is 0 Å². The number of carbonyl (C=O) groups is 3. The lowest BCUT2D eigenvalue weighted by molar-refractivity contribution is -0.119. The summed E-state index contributed by atoms with van der Waals surface area (Å²) in [5.74, 6) is -1.17. The molecule has 3 amide bonds. The van der Waals surface area contributed by atoms with Crippen LogP contribution in [0.1, 0.15) is 23.0 Å². The molecule has 2 aliphatic heterocycles. The average molecular weight is 384 g/mol. The van der Waals surface area contributed by atoms with Crippen LogP contribution in [-0.2, 0) is 16.1 Å². The molecule has 4 rings (SSSR count). The van der Waals surface area contributed by atoms with E-state index in [2.05, 4.69) is 10.3 Å². The van der Waals surface area contributed by atoms with Crippen molar-refractivity contribution in [3.8, 4) is 0 Å². The van der Waals surface area contributed by atoms with Crippen molar-refractivity contribution in [2.24, 2.45) is 0 Å². The van der Waals surface area contributed by atoms with Gasteiger partial charge in [0.1, 0.15) is 11.9 Å². The van der Waals surface area contributed by atoms with Crippen LogP contribution in [0.15, 0.2) is 36.5 Å². The van der Waals surface area contributed by atoms with Crippen molar-refractivity contribution in [3.63, 3.8) is 0 Å². The highest BCUT2D eigenvalue weighted by Crippen LogP contribution is 2.32. The lowest BCUT2D eigenvalue weighted by Crippen LogP contribution is -2.33. The Bertz CT molecular complexity index is 980. The molecule has 1 fully saturated rings. The Morgan fingerprint density at radius 2 is 2.14 bits per heavy atom. The molecule has 1 saturated heterocycles. The first-order chi connectivity index (χ1) is 13.4. The summed E-state index contributed by atoms with van der Waals surface area (Å²) in [5.41, 5.74) is 1.49. The van der Waals surface area contributed by atoms with Gasteiger partial charge in [-0.3, -0.25) is 24.4 Å². The number of anilines is 2. The summed E-state index contributed by atoms with van der Waals surface area (Å²) < 4.78 is 20.0. The van der Waals surface area contributed by atoms with Crippen LogP contribution >= 0.6 is 0 Å². The number of fused-ring (bicyclic) bond motifs is 1. The van der Waals surface area contributed by atoms with Gasteiger partial charge in [-0.15, -0.1) is 0 Å². The molecule has 9 heteroatoms. The lowest BCUT2D eigenvalue weighted by Gasteiger charge is -2.19. The summed E-state index contributed by atoms with van der Waals surface area (Å²) in [6.45, 7) is 1.94. The Morgan fingerprint density at radius 1 is 1.32 bits per heavy atom. The Morgan fingerprint density at radius 3 is 2.86 bits per heavy atom. The van der Waals surface area contributed by atoms with E-state index in [0.717, 1.165) is 0 Å². The van der Waals surface area contributed by atoms with Crippen molar-refractivity contribution < 1.29 is 23.5 Å². The van der Waals surface area contributed by atoms with Gasteiger partial charge in [0.15, 0.2) is 0 Å². The second kappa shape index (κ2) is 6.91. The van der Waals surface area contributed by atoms with Gasteiger partial charge >= 0.3 is 6.09 Å². The second-order valence-corrected chi connectivity index (χ2v) is 6.58. The van der Waals surface area contributed by atoms with Crippen LogP contribution in [0.3, 0.4) is 0 Å². The predicted octanol–water partition coefficient (Wildman–Crippen LogP) is 1.84. The molecule has 0 aliphatic carbocycles. The molecule has 3 heterocycles. The molecule has 1 atom stereocenters. The number of aromatic nitrogens is 1. The maximum Gasteiger partial charge on any atom is 0.414 e. The van der Waals surface area contributed by atoms with Gasteiger partial charge in [-0.05, 0) is 30.3 Å². The molecular weight excluding hydrogens is 367 g/mol. The number of hydrogen-bond donors (Lipinski definition) is 1. The molecule has 1 aromatic heterocycles. The average Bonchev–Trinajstić information content (AvgIpc) is 3.20. The monoisotopic (exact) mass is 384 g/mol. The van der Waals surface area contributed by atoms with Crippen molar-refractivity contribution in [2.75, 3.05) is 22.9 Å². The van der Waals surface area contributed by atoms with Crippen molar-refractivity contribution in [1.29, 1.82) is 0 Å². The Hall–Kier alpha value is -3.49. The summed E-state index contributed by atoms with van der Waals surface area (Å²) in [6, 6.07) is 7.54. The summed E-state index contributed by atoms with van der Waals surface area (Å²) >= 11 is 0. The van der Waals surface area contributed by atoms with E-state index >= 15 is 0 Å². The molecule has 0 saturated carbocycles. The molecule has 0 unspecified atom stereocenters. The maximum atomic E-state index is 14.8. The standard InChI is InChI=1S/C19H17FN4O4/c1-11(25)22-8-13-9-23(19(27)28-13)12-4-5-17(15(20)7-12)24-10-16-14(18(24)26)3-2-6-21-16/h2-7,13H,8-10H2,1H3,(H,22,25)/t13-/m0/s1. The molecule has 2 aliphatic rings.